The Morgan fingerprint density at radius 1 is 1.00 bits per heavy atom. The van der Waals surface area contributed by atoms with Gasteiger partial charge in [0.25, 0.3) is 0 Å². The third kappa shape index (κ3) is 3.76. The van der Waals surface area contributed by atoms with E-state index >= 15 is 0 Å². The minimum atomic E-state index is -0.398. The molecule has 1 heterocycles. The van der Waals surface area contributed by atoms with Gasteiger partial charge in [0.05, 0.1) is 5.92 Å². The van der Waals surface area contributed by atoms with E-state index < -0.39 is 5.92 Å². The fourth-order valence-electron chi connectivity index (χ4n) is 3.98. The number of anilines is 3. The number of hydrogen-bond acceptors (Lipinski definition) is 3. The van der Waals surface area contributed by atoms with Crippen molar-refractivity contribution in [1.82, 2.24) is 0 Å². The van der Waals surface area contributed by atoms with Crippen molar-refractivity contribution in [2.75, 3.05) is 22.1 Å². The van der Waals surface area contributed by atoms with Crippen LogP contribution in [-0.2, 0) is 27.2 Å². The molecule has 6 nitrogen and oxygen atoms in total. The van der Waals surface area contributed by atoms with Crippen molar-refractivity contribution in [1.29, 1.82) is 0 Å². The van der Waals surface area contributed by atoms with Crippen LogP contribution in [0.3, 0.4) is 0 Å². The Labute approximate surface area is 163 Å². The second kappa shape index (κ2) is 7.46. The molecule has 3 amide bonds. The van der Waals surface area contributed by atoms with Crippen LogP contribution in [0, 0.1) is 5.92 Å². The average Bonchev–Trinajstić information content (AvgIpc) is 3.27. The van der Waals surface area contributed by atoms with Gasteiger partial charge in [-0.3, -0.25) is 14.4 Å². The summed E-state index contributed by atoms with van der Waals surface area (Å²) in [4.78, 5) is 38.1. The standard InChI is InChI=1S/C22H23N3O3/c1-14(26)23-18-6-3-7-19(12-18)24-22(28)17-11-21(27)25(13-17)20-9-8-15-4-2-5-16(15)10-20/h3,6-10,12,17H,2,4-5,11,13H2,1H3,(H,23,26)(H,24,28). The van der Waals surface area contributed by atoms with Crippen LogP contribution >= 0.6 is 0 Å². The number of carbonyl (C=O) groups excluding carboxylic acids is 3. The van der Waals surface area contributed by atoms with Gasteiger partial charge in [-0.25, -0.2) is 0 Å². The van der Waals surface area contributed by atoms with Crippen molar-refractivity contribution < 1.29 is 14.4 Å². The van der Waals surface area contributed by atoms with Crippen LogP contribution in [0.15, 0.2) is 42.5 Å². The summed E-state index contributed by atoms with van der Waals surface area (Å²) in [5, 5.41) is 5.55. The number of aryl methyl sites for hydroxylation is 2. The van der Waals surface area contributed by atoms with E-state index in [0.717, 1.165) is 24.9 Å². The Kier molecular flexibility index (Phi) is 4.86. The fraction of sp³-hybridized carbons (Fsp3) is 0.318. The zero-order chi connectivity index (χ0) is 19.7. The maximum Gasteiger partial charge on any atom is 0.229 e. The first-order valence-electron chi connectivity index (χ1n) is 9.60. The van der Waals surface area contributed by atoms with Crippen molar-refractivity contribution >= 4 is 34.8 Å². The Morgan fingerprint density at radius 3 is 2.54 bits per heavy atom. The summed E-state index contributed by atoms with van der Waals surface area (Å²) in [6.45, 7) is 1.82. The van der Waals surface area contributed by atoms with Crippen LogP contribution in [0.25, 0.3) is 0 Å². The quantitative estimate of drug-likeness (QED) is 0.859. The van der Waals surface area contributed by atoms with Crippen LogP contribution in [0.5, 0.6) is 0 Å². The maximum atomic E-state index is 12.7. The molecule has 2 N–H and O–H groups in total. The summed E-state index contributed by atoms with van der Waals surface area (Å²) in [5.74, 6) is -0.776. The van der Waals surface area contributed by atoms with Crippen LogP contribution < -0.4 is 15.5 Å². The number of carbonyl (C=O) groups is 3. The molecule has 1 atom stereocenters. The van der Waals surface area contributed by atoms with Crippen molar-refractivity contribution in [3.8, 4) is 0 Å². The number of benzene rings is 2. The average molecular weight is 377 g/mol. The van der Waals surface area contributed by atoms with Crippen molar-refractivity contribution in [2.45, 2.75) is 32.6 Å². The summed E-state index contributed by atoms with van der Waals surface area (Å²) in [6, 6.07) is 13.2. The summed E-state index contributed by atoms with van der Waals surface area (Å²) in [5.41, 5.74) is 4.78. The first-order chi connectivity index (χ1) is 13.5. The molecule has 2 aliphatic rings. The Hall–Kier alpha value is -3.15. The minimum absolute atomic E-state index is 0.0231. The molecule has 1 aliphatic heterocycles. The van der Waals surface area contributed by atoms with Gasteiger partial charge in [0.2, 0.25) is 17.7 Å². The molecule has 1 fully saturated rings. The largest absolute Gasteiger partial charge is 0.326 e. The molecule has 2 aromatic carbocycles. The summed E-state index contributed by atoms with van der Waals surface area (Å²) in [6.07, 6.45) is 3.52. The highest BCUT2D eigenvalue weighted by Gasteiger charge is 2.35. The van der Waals surface area contributed by atoms with Gasteiger partial charge in [0, 0.05) is 37.0 Å². The number of rotatable bonds is 4. The number of amides is 3. The van der Waals surface area contributed by atoms with Gasteiger partial charge in [-0.1, -0.05) is 12.1 Å². The summed E-state index contributed by atoms with van der Waals surface area (Å²) < 4.78 is 0. The van der Waals surface area contributed by atoms with Crippen LogP contribution in [0.1, 0.15) is 30.9 Å². The van der Waals surface area contributed by atoms with E-state index in [1.165, 1.54) is 18.1 Å². The van der Waals surface area contributed by atoms with E-state index in [2.05, 4.69) is 22.8 Å². The van der Waals surface area contributed by atoms with Crippen LogP contribution in [0.4, 0.5) is 17.1 Å². The van der Waals surface area contributed by atoms with Gasteiger partial charge in [0.1, 0.15) is 0 Å². The Bertz CT molecular complexity index is 954. The Morgan fingerprint density at radius 2 is 1.75 bits per heavy atom. The second-order valence-electron chi connectivity index (χ2n) is 7.46. The second-order valence-corrected chi connectivity index (χ2v) is 7.46. The number of nitrogens with zero attached hydrogens (tertiary/aromatic N) is 1. The fourth-order valence-corrected chi connectivity index (χ4v) is 3.98. The van der Waals surface area contributed by atoms with Gasteiger partial charge in [-0.15, -0.1) is 0 Å². The van der Waals surface area contributed by atoms with Crippen LogP contribution in [0.2, 0.25) is 0 Å². The van der Waals surface area contributed by atoms with Crippen molar-refractivity contribution in [2.24, 2.45) is 5.92 Å². The molecule has 1 saturated heterocycles. The molecule has 0 bridgehead atoms. The number of hydrogen-bond donors (Lipinski definition) is 2. The van der Waals surface area contributed by atoms with E-state index in [1.54, 1.807) is 29.2 Å². The predicted molar refractivity (Wildman–Crippen MR) is 108 cm³/mol. The molecule has 6 heteroatoms. The van der Waals surface area contributed by atoms with E-state index in [9.17, 15) is 14.4 Å². The monoisotopic (exact) mass is 377 g/mol. The van der Waals surface area contributed by atoms with E-state index in [-0.39, 0.29) is 24.1 Å². The minimum Gasteiger partial charge on any atom is -0.326 e. The first-order valence-corrected chi connectivity index (χ1v) is 9.60. The third-order valence-electron chi connectivity index (χ3n) is 5.34. The lowest BCUT2D eigenvalue weighted by atomic mass is 10.1. The molecule has 1 aliphatic carbocycles. The van der Waals surface area contributed by atoms with Crippen molar-refractivity contribution in [3.05, 3.63) is 53.6 Å². The van der Waals surface area contributed by atoms with E-state index in [0.29, 0.717) is 17.9 Å². The zero-order valence-electron chi connectivity index (χ0n) is 15.8. The maximum absolute atomic E-state index is 12.7. The first kappa shape index (κ1) is 18.2. The van der Waals surface area contributed by atoms with Gasteiger partial charge in [-0.2, -0.15) is 0 Å². The molecule has 4 rings (SSSR count). The summed E-state index contributed by atoms with van der Waals surface area (Å²) >= 11 is 0. The molecule has 144 valence electrons. The van der Waals surface area contributed by atoms with E-state index in [1.807, 2.05) is 6.07 Å². The highest BCUT2D eigenvalue weighted by Crippen LogP contribution is 2.31. The molecule has 0 aromatic heterocycles. The highest BCUT2D eigenvalue weighted by molar-refractivity contribution is 6.03. The normalized spacial score (nSPS) is 18.1. The lowest BCUT2D eigenvalue weighted by molar-refractivity contribution is -0.122. The van der Waals surface area contributed by atoms with Gasteiger partial charge in [-0.05, 0) is 60.7 Å². The van der Waals surface area contributed by atoms with E-state index in [4.69, 9.17) is 0 Å². The van der Waals surface area contributed by atoms with Gasteiger partial charge >= 0.3 is 0 Å². The molecule has 0 saturated carbocycles. The zero-order valence-corrected chi connectivity index (χ0v) is 15.8. The molecule has 0 spiro atoms. The van der Waals surface area contributed by atoms with Crippen molar-refractivity contribution in [3.63, 3.8) is 0 Å². The lowest BCUT2D eigenvalue weighted by Gasteiger charge is -2.18. The SMILES string of the molecule is CC(=O)Nc1cccc(NC(=O)C2CC(=O)N(c3ccc4c(c3)CCC4)C2)c1. The smallest absolute Gasteiger partial charge is 0.229 e. The van der Waals surface area contributed by atoms with Crippen LogP contribution in [-0.4, -0.2) is 24.3 Å². The lowest BCUT2D eigenvalue weighted by Crippen LogP contribution is -2.28. The van der Waals surface area contributed by atoms with Gasteiger partial charge in [0.15, 0.2) is 0 Å². The topological polar surface area (TPSA) is 78.5 Å². The molecular weight excluding hydrogens is 354 g/mol. The Balaban J connectivity index is 1.44. The number of nitrogens with one attached hydrogen (secondary N) is 2. The summed E-state index contributed by atoms with van der Waals surface area (Å²) in [7, 11) is 0. The molecule has 0 radical (unpaired) electrons. The van der Waals surface area contributed by atoms with Gasteiger partial charge < -0.3 is 15.5 Å². The highest BCUT2D eigenvalue weighted by atomic mass is 16.2. The third-order valence-corrected chi connectivity index (χ3v) is 5.34. The molecule has 28 heavy (non-hydrogen) atoms. The predicted octanol–water partition coefficient (Wildman–Crippen LogP) is 3.13. The molecule has 1 unspecified atom stereocenters. The molecular formula is C22H23N3O3. The molecule has 2 aromatic rings. The number of fused-ring (bicyclic) bond motifs is 1.